The van der Waals surface area contributed by atoms with Gasteiger partial charge in [-0.15, -0.1) is 0 Å². The number of likely N-dealkylation sites (N-methyl/N-ethyl adjacent to an activating group) is 1. The molecule has 0 bridgehead atoms. The smallest absolute Gasteiger partial charge is 0.325 e. The number of aryl methyl sites for hydroxylation is 1. The lowest BCUT2D eigenvalue weighted by atomic mass is 9.81. The van der Waals surface area contributed by atoms with Crippen LogP contribution in [0.2, 0.25) is 0 Å². The molecule has 3 heterocycles. The SMILES string of the molecule is CC[C@@H](NC(=O)N1C(=O)[C@H](Cc2ccnc(N)c2)[C@H]1C(=O)N(C)c1nccn1C)c1cc(F)c(F)c(F)c1. The highest BCUT2D eigenvalue weighted by Gasteiger charge is 2.55. The van der Waals surface area contributed by atoms with Gasteiger partial charge in [-0.25, -0.2) is 27.9 Å². The first-order chi connectivity index (χ1) is 18.0. The molecule has 10 nitrogen and oxygen atoms in total. The van der Waals surface area contributed by atoms with E-state index in [0.717, 1.165) is 17.0 Å². The Kier molecular flexibility index (Phi) is 7.37. The quantitative estimate of drug-likeness (QED) is 0.358. The zero-order valence-corrected chi connectivity index (χ0v) is 20.9. The number of rotatable bonds is 7. The molecule has 0 unspecified atom stereocenters. The molecule has 1 saturated heterocycles. The number of nitrogens with zero attached hydrogens (tertiary/aromatic N) is 5. The molecule has 0 aliphatic carbocycles. The van der Waals surface area contributed by atoms with Crippen LogP contribution in [0.25, 0.3) is 0 Å². The molecule has 1 aliphatic heterocycles. The minimum atomic E-state index is -1.63. The van der Waals surface area contributed by atoms with Crippen molar-refractivity contribution in [3.63, 3.8) is 0 Å². The highest BCUT2D eigenvalue weighted by Crippen LogP contribution is 2.33. The van der Waals surface area contributed by atoms with Crippen LogP contribution in [0.5, 0.6) is 0 Å². The van der Waals surface area contributed by atoms with E-state index in [1.54, 1.807) is 36.9 Å². The van der Waals surface area contributed by atoms with Crippen LogP contribution in [0.3, 0.4) is 0 Å². The number of nitrogens with two attached hydrogens (primary N) is 1. The molecule has 3 aromatic rings. The number of hydrogen-bond acceptors (Lipinski definition) is 6. The number of halogens is 3. The lowest BCUT2D eigenvalue weighted by Crippen LogP contribution is -2.70. The molecule has 3 atom stereocenters. The fourth-order valence-electron chi connectivity index (χ4n) is 4.53. The summed E-state index contributed by atoms with van der Waals surface area (Å²) in [5.41, 5.74) is 6.37. The zero-order valence-electron chi connectivity index (χ0n) is 20.9. The molecule has 2 aromatic heterocycles. The number of hydrogen-bond donors (Lipinski definition) is 2. The van der Waals surface area contributed by atoms with Crippen molar-refractivity contribution in [1.82, 2.24) is 24.8 Å². The number of pyridine rings is 1. The van der Waals surface area contributed by atoms with Crippen molar-refractivity contribution in [2.45, 2.75) is 31.8 Å². The van der Waals surface area contributed by atoms with Crippen molar-refractivity contribution < 1.29 is 27.6 Å². The van der Waals surface area contributed by atoms with E-state index in [9.17, 15) is 27.6 Å². The molecular formula is C25H26F3N7O3. The maximum atomic E-state index is 13.8. The van der Waals surface area contributed by atoms with E-state index in [2.05, 4.69) is 15.3 Å². The Morgan fingerprint density at radius 2 is 1.84 bits per heavy atom. The van der Waals surface area contributed by atoms with Gasteiger partial charge >= 0.3 is 6.03 Å². The van der Waals surface area contributed by atoms with Crippen molar-refractivity contribution in [3.8, 4) is 0 Å². The highest BCUT2D eigenvalue weighted by molar-refractivity contribution is 6.12. The van der Waals surface area contributed by atoms with Crippen LogP contribution in [0.15, 0.2) is 42.9 Å². The Morgan fingerprint density at radius 1 is 1.16 bits per heavy atom. The lowest BCUT2D eigenvalue weighted by Gasteiger charge is -2.45. The third-order valence-electron chi connectivity index (χ3n) is 6.53. The van der Waals surface area contributed by atoms with Crippen LogP contribution >= 0.6 is 0 Å². The summed E-state index contributed by atoms with van der Waals surface area (Å²) in [6.07, 6.45) is 4.90. The molecule has 1 fully saturated rings. The second-order valence-corrected chi connectivity index (χ2v) is 9.00. The van der Waals surface area contributed by atoms with Crippen molar-refractivity contribution in [2.75, 3.05) is 17.7 Å². The summed E-state index contributed by atoms with van der Waals surface area (Å²) in [5, 5.41) is 2.54. The summed E-state index contributed by atoms with van der Waals surface area (Å²) < 4.78 is 42.7. The number of β-lactam (4-membered cyclic amide) rings is 1. The third-order valence-corrected chi connectivity index (χ3v) is 6.53. The van der Waals surface area contributed by atoms with Gasteiger partial charge in [0.05, 0.1) is 12.0 Å². The van der Waals surface area contributed by atoms with E-state index in [0.29, 0.717) is 11.5 Å². The molecule has 1 aliphatic rings. The number of imide groups is 1. The zero-order chi connectivity index (χ0) is 27.7. The van der Waals surface area contributed by atoms with Crippen molar-refractivity contribution >= 4 is 29.6 Å². The summed E-state index contributed by atoms with van der Waals surface area (Å²) in [5.74, 6) is -5.98. The highest BCUT2D eigenvalue weighted by atomic mass is 19.2. The van der Waals surface area contributed by atoms with Crippen molar-refractivity contribution in [3.05, 3.63) is 71.4 Å². The summed E-state index contributed by atoms with van der Waals surface area (Å²) in [7, 11) is 3.16. The van der Waals surface area contributed by atoms with Gasteiger partial charge in [-0.1, -0.05) is 6.92 Å². The fourth-order valence-corrected chi connectivity index (χ4v) is 4.53. The van der Waals surface area contributed by atoms with Crippen LogP contribution in [0, 0.1) is 23.4 Å². The number of aromatic nitrogens is 3. The first kappa shape index (κ1) is 26.6. The molecule has 1 aromatic carbocycles. The molecule has 38 heavy (non-hydrogen) atoms. The number of anilines is 2. The normalized spacial score (nSPS) is 17.6. The largest absolute Gasteiger partial charge is 0.384 e. The van der Waals surface area contributed by atoms with Gasteiger partial charge in [0.1, 0.15) is 11.9 Å². The second-order valence-electron chi connectivity index (χ2n) is 9.00. The molecule has 0 saturated carbocycles. The second kappa shape index (κ2) is 10.5. The van der Waals surface area contributed by atoms with Crippen molar-refractivity contribution in [1.29, 1.82) is 0 Å². The van der Waals surface area contributed by atoms with Gasteiger partial charge in [-0.2, -0.15) is 0 Å². The topological polar surface area (TPSA) is 126 Å². The summed E-state index contributed by atoms with van der Waals surface area (Å²) in [6, 6.07) is 1.70. The molecule has 0 spiro atoms. The number of carbonyl (C=O) groups is 3. The number of amides is 4. The Morgan fingerprint density at radius 3 is 2.42 bits per heavy atom. The Balaban J connectivity index is 1.62. The minimum absolute atomic E-state index is 0.0259. The van der Waals surface area contributed by atoms with Crippen LogP contribution in [0.4, 0.5) is 29.7 Å². The average molecular weight is 530 g/mol. The molecule has 200 valence electrons. The Bertz CT molecular complexity index is 1370. The van der Waals surface area contributed by atoms with E-state index >= 15 is 0 Å². The monoisotopic (exact) mass is 529 g/mol. The number of nitrogens with one attached hydrogen (secondary N) is 1. The number of carbonyl (C=O) groups excluding carboxylic acids is 3. The maximum absolute atomic E-state index is 13.8. The van der Waals surface area contributed by atoms with E-state index in [4.69, 9.17) is 5.73 Å². The summed E-state index contributed by atoms with van der Waals surface area (Å²) >= 11 is 0. The van der Waals surface area contributed by atoms with E-state index in [1.807, 2.05) is 0 Å². The summed E-state index contributed by atoms with van der Waals surface area (Å²) in [4.78, 5) is 50.1. The number of urea groups is 1. The van der Waals surface area contributed by atoms with Gasteiger partial charge < -0.3 is 15.6 Å². The predicted octanol–water partition coefficient (Wildman–Crippen LogP) is 2.71. The van der Waals surface area contributed by atoms with Crippen LogP contribution in [-0.2, 0) is 23.1 Å². The van der Waals surface area contributed by atoms with Crippen molar-refractivity contribution in [2.24, 2.45) is 13.0 Å². The summed E-state index contributed by atoms with van der Waals surface area (Å²) in [6.45, 7) is 1.64. The lowest BCUT2D eigenvalue weighted by molar-refractivity contribution is -0.156. The van der Waals surface area contributed by atoms with E-state index in [1.165, 1.54) is 24.3 Å². The van der Waals surface area contributed by atoms with Gasteiger partial charge in [0, 0.05) is 32.7 Å². The number of imidazole rings is 1. The van der Waals surface area contributed by atoms with Crippen LogP contribution in [0.1, 0.15) is 30.5 Å². The molecule has 4 rings (SSSR count). The number of nitrogen functional groups attached to an aromatic ring is 1. The van der Waals surface area contributed by atoms with Gasteiger partial charge in [0.15, 0.2) is 17.5 Å². The average Bonchev–Trinajstić information content (AvgIpc) is 3.31. The first-order valence-electron chi connectivity index (χ1n) is 11.8. The van der Waals surface area contributed by atoms with E-state index < -0.39 is 53.3 Å². The maximum Gasteiger partial charge on any atom is 0.325 e. The van der Waals surface area contributed by atoms with Gasteiger partial charge in [0.25, 0.3) is 5.91 Å². The molecule has 0 radical (unpaired) electrons. The Hall–Kier alpha value is -4.42. The van der Waals surface area contributed by atoms with Crippen LogP contribution in [-0.4, -0.2) is 50.4 Å². The van der Waals surface area contributed by atoms with Gasteiger partial charge in [-0.3, -0.25) is 19.4 Å². The molecule has 13 heteroatoms. The molecule has 3 N–H and O–H groups in total. The molecular weight excluding hydrogens is 503 g/mol. The number of benzene rings is 1. The third kappa shape index (κ3) is 4.91. The number of likely N-dealkylation sites (tertiary alicyclic amines) is 1. The van der Waals surface area contributed by atoms with Gasteiger partial charge in [0.2, 0.25) is 11.9 Å². The first-order valence-corrected chi connectivity index (χ1v) is 11.8. The standard InChI is InChI=1S/C25H26F3N7O3/c1-4-18(14-11-16(26)20(28)17(27)12-14)32-25(38)35-21(23(37)34(3)24-31-7-8-33(24)2)15(22(35)36)9-13-5-6-30-19(29)10-13/h5-8,10-12,15,18,21H,4,9H2,1-3H3,(H2,29,30)(H,32,38)/t15-,18-,21+/m1/s1. The van der Waals surface area contributed by atoms with Gasteiger partial charge in [-0.05, 0) is 48.2 Å². The minimum Gasteiger partial charge on any atom is -0.384 e. The predicted molar refractivity (Wildman–Crippen MR) is 131 cm³/mol. The van der Waals surface area contributed by atoms with Crippen LogP contribution < -0.4 is 16.0 Å². The fraction of sp³-hybridized carbons (Fsp3) is 0.320. The Labute approximate surface area is 216 Å². The molecule has 4 amide bonds. The van der Waals surface area contributed by atoms with E-state index in [-0.39, 0.29) is 24.2 Å².